The normalized spacial score (nSPS) is 10.4. The molecular formula is C16H13ClFN5O. The summed E-state index contributed by atoms with van der Waals surface area (Å²) < 4.78 is 13.7. The highest BCUT2D eigenvalue weighted by molar-refractivity contribution is 6.31. The lowest BCUT2D eigenvalue weighted by atomic mass is 10.2. The largest absolute Gasteiger partial charge is 0.346 e. The number of hydrogen-bond donors (Lipinski definition) is 3. The predicted octanol–water partition coefficient (Wildman–Crippen LogP) is 3.27. The summed E-state index contributed by atoms with van der Waals surface area (Å²) in [5.41, 5.74) is 1.01. The van der Waals surface area contributed by atoms with E-state index in [4.69, 9.17) is 11.6 Å². The summed E-state index contributed by atoms with van der Waals surface area (Å²) in [4.78, 5) is 12.3. The van der Waals surface area contributed by atoms with E-state index in [2.05, 4.69) is 26.0 Å². The van der Waals surface area contributed by atoms with Gasteiger partial charge in [-0.15, -0.1) is 10.2 Å². The van der Waals surface area contributed by atoms with Crippen LogP contribution in [0.2, 0.25) is 5.02 Å². The van der Waals surface area contributed by atoms with Gasteiger partial charge in [0.1, 0.15) is 5.82 Å². The number of para-hydroxylation sites is 1. The van der Waals surface area contributed by atoms with Crippen LogP contribution in [0.4, 0.5) is 15.9 Å². The minimum atomic E-state index is -0.456. The van der Waals surface area contributed by atoms with Crippen molar-refractivity contribution in [3.63, 3.8) is 0 Å². The Labute approximate surface area is 142 Å². The van der Waals surface area contributed by atoms with Crippen LogP contribution in [0.3, 0.4) is 0 Å². The van der Waals surface area contributed by atoms with Crippen LogP contribution in [0.5, 0.6) is 0 Å². The highest BCUT2D eigenvalue weighted by atomic mass is 35.5. The van der Waals surface area contributed by atoms with Gasteiger partial charge in [-0.3, -0.25) is 4.79 Å². The van der Waals surface area contributed by atoms with Crippen molar-refractivity contribution in [2.45, 2.75) is 6.54 Å². The minimum Gasteiger partial charge on any atom is -0.346 e. The fourth-order valence-corrected chi connectivity index (χ4v) is 2.27. The SMILES string of the molecule is O=C(NCc1ccccc1Cl)c1n[nH]nc1Nc1ccccc1F. The van der Waals surface area contributed by atoms with Crippen molar-refractivity contribution in [2.75, 3.05) is 5.32 Å². The summed E-state index contributed by atoms with van der Waals surface area (Å²) in [5.74, 6) is -0.776. The topological polar surface area (TPSA) is 82.7 Å². The lowest BCUT2D eigenvalue weighted by molar-refractivity contribution is 0.0946. The van der Waals surface area contributed by atoms with E-state index in [1.807, 2.05) is 18.2 Å². The van der Waals surface area contributed by atoms with Crippen molar-refractivity contribution in [1.82, 2.24) is 20.7 Å². The Morgan fingerprint density at radius 2 is 1.88 bits per heavy atom. The second-order valence-corrected chi connectivity index (χ2v) is 5.31. The van der Waals surface area contributed by atoms with Crippen molar-refractivity contribution in [3.05, 3.63) is 70.6 Å². The number of hydrogen-bond acceptors (Lipinski definition) is 4. The van der Waals surface area contributed by atoms with E-state index >= 15 is 0 Å². The molecule has 6 nitrogen and oxygen atoms in total. The number of aromatic nitrogens is 3. The van der Waals surface area contributed by atoms with Crippen molar-refractivity contribution in [1.29, 1.82) is 0 Å². The number of nitrogens with zero attached hydrogens (tertiary/aromatic N) is 2. The fourth-order valence-electron chi connectivity index (χ4n) is 2.07. The molecule has 0 aliphatic heterocycles. The molecule has 3 aromatic rings. The molecular weight excluding hydrogens is 333 g/mol. The van der Waals surface area contributed by atoms with E-state index in [-0.39, 0.29) is 23.7 Å². The molecule has 1 aromatic heterocycles. The monoisotopic (exact) mass is 345 g/mol. The number of amides is 1. The van der Waals surface area contributed by atoms with E-state index in [0.717, 1.165) is 5.56 Å². The molecule has 0 spiro atoms. The van der Waals surface area contributed by atoms with E-state index in [0.29, 0.717) is 5.02 Å². The van der Waals surface area contributed by atoms with Crippen molar-refractivity contribution >= 4 is 29.0 Å². The molecule has 0 bridgehead atoms. The zero-order valence-electron chi connectivity index (χ0n) is 12.4. The van der Waals surface area contributed by atoms with E-state index in [1.54, 1.807) is 18.2 Å². The Hall–Kier alpha value is -2.93. The van der Waals surface area contributed by atoms with Crippen LogP contribution >= 0.6 is 11.6 Å². The Morgan fingerprint density at radius 1 is 1.12 bits per heavy atom. The molecule has 1 heterocycles. The molecule has 2 aromatic carbocycles. The summed E-state index contributed by atoms with van der Waals surface area (Å²) in [7, 11) is 0. The highest BCUT2D eigenvalue weighted by Gasteiger charge is 2.17. The van der Waals surface area contributed by atoms with Crippen LogP contribution < -0.4 is 10.6 Å². The minimum absolute atomic E-state index is 0.0327. The number of anilines is 2. The van der Waals surface area contributed by atoms with Gasteiger partial charge in [0.25, 0.3) is 5.91 Å². The molecule has 3 N–H and O–H groups in total. The average molecular weight is 346 g/mol. The highest BCUT2D eigenvalue weighted by Crippen LogP contribution is 2.20. The van der Waals surface area contributed by atoms with Crippen molar-refractivity contribution in [3.8, 4) is 0 Å². The molecule has 0 radical (unpaired) electrons. The van der Waals surface area contributed by atoms with Gasteiger partial charge in [-0.1, -0.05) is 41.9 Å². The zero-order valence-corrected chi connectivity index (χ0v) is 13.1. The number of nitrogens with one attached hydrogen (secondary N) is 3. The number of H-pyrrole nitrogens is 1. The quantitative estimate of drug-likeness (QED) is 0.662. The number of halogens is 2. The van der Waals surface area contributed by atoms with Crippen LogP contribution in [0, 0.1) is 5.82 Å². The maximum atomic E-state index is 13.7. The summed E-state index contributed by atoms with van der Waals surface area (Å²) >= 11 is 6.05. The molecule has 0 atom stereocenters. The third-order valence-electron chi connectivity index (χ3n) is 3.29. The Morgan fingerprint density at radius 3 is 2.67 bits per heavy atom. The Balaban J connectivity index is 1.72. The van der Waals surface area contributed by atoms with Crippen LogP contribution in [0.15, 0.2) is 48.5 Å². The summed E-state index contributed by atoms with van der Waals surface area (Å²) in [6.07, 6.45) is 0. The van der Waals surface area contributed by atoms with Gasteiger partial charge in [-0.2, -0.15) is 5.21 Å². The average Bonchev–Trinajstić information content (AvgIpc) is 3.04. The number of aromatic amines is 1. The lowest BCUT2D eigenvalue weighted by Gasteiger charge is -2.07. The van der Waals surface area contributed by atoms with Gasteiger partial charge in [0, 0.05) is 11.6 Å². The van der Waals surface area contributed by atoms with E-state index in [1.165, 1.54) is 12.1 Å². The Kier molecular flexibility index (Phi) is 4.72. The molecule has 0 fully saturated rings. The van der Waals surface area contributed by atoms with Gasteiger partial charge in [0.05, 0.1) is 5.69 Å². The van der Waals surface area contributed by atoms with Crippen LogP contribution in [-0.2, 0) is 6.54 Å². The van der Waals surface area contributed by atoms with Crippen molar-refractivity contribution < 1.29 is 9.18 Å². The summed E-state index contributed by atoms with van der Waals surface area (Å²) in [6, 6.07) is 13.3. The standard InChI is InChI=1S/C16H13ClFN5O/c17-11-6-2-1-5-10(11)9-19-16(24)14-15(22-23-21-14)20-13-8-4-3-7-12(13)18/h1-8H,9H2,(H,19,24)(H2,20,21,22,23). The molecule has 0 unspecified atom stereocenters. The molecule has 1 amide bonds. The summed E-state index contributed by atoms with van der Waals surface area (Å²) in [5, 5.41) is 16.0. The maximum Gasteiger partial charge on any atom is 0.275 e. The van der Waals surface area contributed by atoms with Gasteiger partial charge >= 0.3 is 0 Å². The number of benzene rings is 2. The first-order chi connectivity index (χ1) is 11.6. The lowest BCUT2D eigenvalue weighted by Crippen LogP contribution is -2.24. The van der Waals surface area contributed by atoms with Gasteiger partial charge in [-0.25, -0.2) is 4.39 Å². The molecule has 24 heavy (non-hydrogen) atoms. The fraction of sp³-hybridized carbons (Fsp3) is 0.0625. The second-order valence-electron chi connectivity index (χ2n) is 4.90. The third kappa shape index (κ3) is 3.52. The molecule has 3 rings (SSSR count). The first kappa shape index (κ1) is 15.9. The van der Waals surface area contributed by atoms with Gasteiger partial charge < -0.3 is 10.6 Å². The first-order valence-electron chi connectivity index (χ1n) is 7.09. The Bertz CT molecular complexity index is 867. The van der Waals surface area contributed by atoms with E-state index in [9.17, 15) is 9.18 Å². The maximum absolute atomic E-state index is 13.7. The van der Waals surface area contributed by atoms with E-state index < -0.39 is 11.7 Å². The zero-order chi connectivity index (χ0) is 16.9. The molecule has 0 saturated heterocycles. The smallest absolute Gasteiger partial charge is 0.275 e. The van der Waals surface area contributed by atoms with Gasteiger partial charge in [0.15, 0.2) is 11.5 Å². The first-order valence-corrected chi connectivity index (χ1v) is 7.47. The molecule has 0 aliphatic carbocycles. The predicted molar refractivity (Wildman–Crippen MR) is 88.7 cm³/mol. The molecule has 8 heteroatoms. The van der Waals surface area contributed by atoms with Gasteiger partial charge in [0.2, 0.25) is 0 Å². The third-order valence-corrected chi connectivity index (χ3v) is 3.66. The molecule has 0 saturated carbocycles. The van der Waals surface area contributed by atoms with Crippen molar-refractivity contribution in [2.24, 2.45) is 0 Å². The molecule has 122 valence electrons. The van der Waals surface area contributed by atoms with Gasteiger partial charge in [-0.05, 0) is 23.8 Å². The molecule has 0 aliphatic rings. The number of rotatable bonds is 5. The summed E-state index contributed by atoms with van der Waals surface area (Å²) in [6.45, 7) is 0.241. The second kappa shape index (κ2) is 7.10. The van der Waals surface area contributed by atoms with Crippen LogP contribution in [0.1, 0.15) is 16.1 Å². The number of carbonyl (C=O) groups excluding carboxylic acids is 1. The van der Waals surface area contributed by atoms with Crippen LogP contribution in [0.25, 0.3) is 0 Å². The van der Waals surface area contributed by atoms with Crippen LogP contribution in [-0.4, -0.2) is 21.3 Å². The number of carbonyl (C=O) groups is 1.